The zero-order valence-electron chi connectivity index (χ0n) is 21.5. The normalized spacial score (nSPS) is 20.8. The Morgan fingerprint density at radius 2 is 2.11 bits per heavy atom. The molecule has 3 aromatic heterocycles. The number of fused-ring (bicyclic) bond motifs is 2. The van der Waals surface area contributed by atoms with Crippen LogP contribution in [0, 0.1) is 6.92 Å². The minimum Gasteiger partial charge on any atom is -0.471 e. The lowest BCUT2D eigenvalue weighted by molar-refractivity contribution is 0.0966. The summed E-state index contributed by atoms with van der Waals surface area (Å²) in [5.41, 5.74) is 7.22. The first-order chi connectivity index (χ1) is 18.5. The molecule has 0 bridgehead atoms. The molecule has 2 saturated heterocycles. The van der Waals surface area contributed by atoms with Crippen molar-refractivity contribution < 1.29 is 14.3 Å². The smallest absolute Gasteiger partial charge is 0.254 e. The van der Waals surface area contributed by atoms with Crippen LogP contribution in [0.5, 0.6) is 5.88 Å². The lowest BCUT2D eigenvalue weighted by Crippen LogP contribution is -2.50. The molecule has 38 heavy (non-hydrogen) atoms. The number of carbonyl (C=O) groups is 1. The third-order valence-corrected chi connectivity index (χ3v) is 7.92. The van der Waals surface area contributed by atoms with Crippen molar-refractivity contribution in [2.45, 2.75) is 38.3 Å². The van der Waals surface area contributed by atoms with Crippen molar-refractivity contribution in [1.82, 2.24) is 25.0 Å². The van der Waals surface area contributed by atoms with Gasteiger partial charge in [0.15, 0.2) is 0 Å². The maximum atomic E-state index is 13.0. The molecule has 1 atom stereocenters. The number of aryl methyl sites for hydroxylation is 1. The van der Waals surface area contributed by atoms with Crippen LogP contribution in [-0.2, 0) is 16.7 Å². The molecular weight excluding hydrogens is 480 g/mol. The minimum absolute atomic E-state index is 0.0988. The van der Waals surface area contributed by atoms with E-state index in [4.69, 9.17) is 14.5 Å². The molecule has 1 amide bonds. The predicted octanol–water partition coefficient (Wildman–Crippen LogP) is 3.72. The Morgan fingerprint density at radius 3 is 2.89 bits per heavy atom. The molecule has 3 N–H and O–H groups in total. The Morgan fingerprint density at radius 1 is 1.21 bits per heavy atom. The summed E-state index contributed by atoms with van der Waals surface area (Å²) < 4.78 is 14.1. The van der Waals surface area contributed by atoms with Crippen LogP contribution in [0.15, 0.2) is 48.8 Å². The van der Waals surface area contributed by atoms with Gasteiger partial charge in [0, 0.05) is 49.0 Å². The van der Waals surface area contributed by atoms with Crippen LogP contribution >= 0.6 is 0 Å². The number of nitrogens with zero attached hydrogens (tertiary/aromatic N) is 3. The number of benzene rings is 1. The van der Waals surface area contributed by atoms with E-state index in [0.717, 1.165) is 65.4 Å². The highest BCUT2D eigenvalue weighted by molar-refractivity contribution is 6.06. The molecule has 0 spiro atoms. The van der Waals surface area contributed by atoms with Crippen LogP contribution in [0.2, 0.25) is 0 Å². The standard InChI is InChI=1S/C29H30N6O3/c1-17-7-9-35-23(15-31-25(35)11-17)19-3-5-22(26-20(19)14-32-27(26)36)33-24-6-4-21(29(2)8-10-37-16-29)28(34-24)38-18-12-30-13-18/h3-7,9,11,15,18,30H,8,10,12-14,16H2,1-2H3,(H,32,36)(H,33,34)/t29-/m0/s1. The number of nitrogens with one attached hydrogen (secondary N) is 3. The summed E-state index contributed by atoms with van der Waals surface area (Å²) in [5, 5.41) is 9.66. The molecule has 4 aromatic rings. The number of anilines is 2. The first-order valence-corrected chi connectivity index (χ1v) is 13.1. The number of ether oxygens (including phenoxy) is 2. The molecule has 2 fully saturated rings. The predicted molar refractivity (Wildman–Crippen MR) is 144 cm³/mol. The van der Waals surface area contributed by atoms with E-state index >= 15 is 0 Å². The second-order valence-corrected chi connectivity index (χ2v) is 10.7. The second-order valence-electron chi connectivity index (χ2n) is 10.7. The molecule has 6 heterocycles. The third kappa shape index (κ3) is 3.81. The minimum atomic E-state index is -0.132. The summed E-state index contributed by atoms with van der Waals surface area (Å²) in [6.07, 6.45) is 4.92. The van der Waals surface area contributed by atoms with Gasteiger partial charge in [0.1, 0.15) is 17.6 Å². The van der Waals surface area contributed by atoms with Crippen LogP contribution < -0.4 is 20.7 Å². The fourth-order valence-electron chi connectivity index (χ4n) is 5.55. The van der Waals surface area contributed by atoms with Crippen molar-refractivity contribution in [1.29, 1.82) is 0 Å². The molecular formula is C29H30N6O3. The highest BCUT2D eigenvalue weighted by Crippen LogP contribution is 2.40. The molecule has 9 nitrogen and oxygen atoms in total. The van der Waals surface area contributed by atoms with Crippen LogP contribution in [0.25, 0.3) is 16.9 Å². The van der Waals surface area contributed by atoms with Gasteiger partial charge < -0.3 is 25.4 Å². The van der Waals surface area contributed by atoms with Gasteiger partial charge in [0.05, 0.1) is 29.7 Å². The summed E-state index contributed by atoms with van der Waals surface area (Å²) in [6, 6.07) is 12.2. The number of amides is 1. The van der Waals surface area contributed by atoms with Crippen LogP contribution in [-0.4, -0.2) is 52.7 Å². The van der Waals surface area contributed by atoms with E-state index in [0.29, 0.717) is 30.4 Å². The summed E-state index contributed by atoms with van der Waals surface area (Å²) >= 11 is 0. The van der Waals surface area contributed by atoms with Gasteiger partial charge in [-0.05, 0) is 54.8 Å². The van der Waals surface area contributed by atoms with Crippen LogP contribution in [0.3, 0.4) is 0 Å². The summed E-state index contributed by atoms with van der Waals surface area (Å²) in [7, 11) is 0. The average molecular weight is 511 g/mol. The molecule has 0 unspecified atom stereocenters. The number of aromatic nitrogens is 3. The van der Waals surface area contributed by atoms with Gasteiger partial charge in [0.2, 0.25) is 5.88 Å². The SMILES string of the molecule is Cc1ccn2c(-c3ccc(Nc4ccc([C@@]5(C)CCOC5)c(OC5CNC5)n4)c4c3CNC4=O)cnc2c1. The van der Waals surface area contributed by atoms with Crippen molar-refractivity contribution in [3.63, 3.8) is 0 Å². The van der Waals surface area contributed by atoms with E-state index in [1.165, 1.54) is 0 Å². The van der Waals surface area contributed by atoms with E-state index in [2.05, 4.69) is 57.4 Å². The zero-order valence-corrected chi connectivity index (χ0v) is 21.5. The van der Waals surface area contributed by atoms with Crippen LogP contribution in [0.1, 0.15) is 40.4 Å². The fourth-order valence-corrected chi connectivity index (χ4v) is 5.55. The number of hydrogen-bond donors (Lipinski definition) is 3. The summed E-state index contributed by atoms with van der Waals surface area (Å²) in [6.45, 7) is 7.73. The van der Waals surface area contributed by atoms with E-state index in [-0.39, 0.29) is 17.4 Å². The highest BCUT2D eigenvalue weighted by Gasteiger charge is 2.36. The lowest BCUT2D eigenvalue weighted by atomic mass is 9.82. The molecule has 194 valence electrons. The molecule has 3 aliphatic heterocycles. The molecule has 9 heteroatoms. The van der Waals surface area contributed by atoms with Gasteiger partial charge in [-0.3, -0.25) is 9.20 Å². The topological polar surface area (TPSA) is 102 Å². The number of carbonyl (C=O) groups excluding carboxylic acids is 1. The van der Waals surface area contributed by atoms with Crippen LogP contribution in [0.4, 0.5) is 11.5 Å². The van der Waals surface area contributed by atoms with Gasteiger partial charge in [-0.15, -0.1) is 0 Å². The van der Waals surface area contributed by atoms with E-state index in [1.54, 1.807) is 0 Å². The van der Waals surface area contributed by atoms with Gasteiger partial charge in [-0.2, -0.15) is 4.98 Å². The van der Waals surface area contributed by atoms with E-state index in [1.807, 2.05) is 30.6 Å². The largest absolute Gasteiger partial charge is 0.471 e. The number of hydrogen-bond acceptors (Lipinski definition) is 7. The molecule has 1 aromatic carbocycles. The molecule has 7 rings (SSSR count). The molecule has 0 radical (unpaired) electrons. The Hall–Kier alpha value is -3.95. The lowest BCUT2D eigenvalue weighted by Gasteiger charge is -2.31. The Labute approximate surface area is 220 Å². The van der Waals surface area contributed by atoms with Crippen molar-refractivity contribution in [2.24, 2.45) is 0 Å². The second kappa shape index (κ2) is 8.82. The molecule has 0 aliphatic carbocycles. The van der Waals surface area contributed by atoms with Crippen molar-refractivity contribution in [2.75, 3.05) is 31.6 Å². The highest BCUT2D eigenvalue weighted by atomic mass is 16.5. The first-order valence-electron chi connectivity index (χ1n) is 13.1. The maximum Gasteiger partial charge on any atom is 0.254 e. The van der Waals surface area contributed by atoms with Crippen molar-refractivity contribution in [3.05, 3.63) is 71.0 Å². The van der Waals surface area contributed by atoms with E-state index < -0.39 is 0 Å². The fraction of sp³-hybridized carbons (Fsp3) is 0.345. The molecule has 3 aliphatic rings. The van der Waals surface area contributed by atoms with Gasteiger partial charge in [-0.25, -0.2) is 4.98 Å². The number of pyridine rings is 2. The van der Waals surface area contributed by atoms with Crippen molar-refractivity contribution in [3.8, 4) is 17.1 Å². The Bertz CT molecular complexity index is 1570. The Balaban J connectivity index is 1.26. The summed E-state index contributed by atoms with van der Waals surface area (Å²) in [5.74, 6) is 1.17. The van der Waals surface area contributed by atoms with E-state index in [9.17, 15) is 4.79 Å². The Kier molecular flexibility index (Phi) is 5.38. The first kappa shape index (κ1) is 23.2. The monoisotopic (exact) mass is 510 g/mol. The summed E-state index contributed by atoms with van der Waals surface area (Å²) in [4.78, 5) is 22.5. The third-order valence-electron chi connectivity index (χ3n) is 7.92. The quantitative estimate of drug-likeness (QED) is 0.363. The zero-order chi connectivity index (χ0) is 25.9. The van der Waals surface area contributed by atoms with Gasteiger partial charge in [-0.1, -0.05) is 13.0 Å². The van der Waals surface area contributed by atoms with Gasteiger partial charge >= 0.3 is 0 Å². The molecule has 0 saturated carbocycles. The average Bonchev–Trinajstić information content (AvgIpc) is 3.61. The number of rotatable bonds is 6. The van der Waals surface area contributed by atoms with Crippen molar-refractivity contribution >= 4 is 23.1 Å². The van der Waals surface area contributed by atoms with Gasteiger partial charge in [0.25, 0.3) is 5.91 Å². The maximum absolute atomic E-state index is 13.0. The number of imidazole rings is 1.